The largest absolute Gasteiger partial charge is 0.491 e. The Morgan fingerprint density at radius 1 is 1.26 bits per heavy atom. The molecule has 0 aliphatic rings. The standard InChI is InChI=1S/C18H28N2O2S/c1-3-10-23-11-9-16(4-2)20-13-17(21)14-22-18-7-5-15(12-19)6-8-18/h5-8,16-17,20-21H,3-4,9-11,13-14H2,1-2H3. The van der Waals surface area contributed by atoms with Crippen LogP contribution in [-0.4, -0.2) is 41.9 Å². The van der Waals surface area contributed by atoms with E-state index in [0.29, 0.717) is 23.9 Å². The van der Waals surface area contributed by atoms with Crippen molar-refractivity contribution in [2.45, 2.75) is 45.3 Å². The highest BCUT2D eigenvalue weighted by Gasteiger charge is 2.10. The Kier molecular flexibility index (Phi) is 10.5. The lowest BCUT2D eigenvalue weighted by Gasteiger charge is -2.19. The normalized spacial score (nSPS) is 13.3. The summed E-state index contributed by atoms with van der Waals surface area (Å²) in [4.78, 5) is 0. The molecular weight excluding hydrogens is 308 g/mol. The van der Waals surface area contributed by atoms with Crippen molar-refractivity contribution in [3.63, 3.8) is 0 Å². The maximum absolute atomic E-state index is 10.0. The van der Waals surface area contributed by atoms with Crippen LogP contribution in [0, 0.1) is 11.3 Å². The zero-order valence-corrected chi connectivity index (χ0v) is 14.9. The van der Waals surface area contributed by atoms with Crippen molar-refractivity contribution in [1.29, 1.82) is 5.26 Å². The Balaban J connectivity index is 2.21. The topological polar surface area (TPSA) is 65.3 Å². The first-order chi connectivity index (χ1) is 11.2. The van der Waals surface area contributed by atoms with Crippen LogP contribution in [0.4, 0.5) is 0 Å². The maximum Gasteiger partial charge on any atom is 0.119 e. The van der Waals surface area contributed by atoms with E-state index in [1.54, 1.807) is 24.3 Å². The van der Waals surface area contributed by atoms with Crippen molar-refractivity contribution in [2.75, 3.05) is 24.7 Å². The molecule has 2 atom stereocenters. The summed E-state index contributed by atoms with van der Waals surface area (Å²) in [6.45, 7) is 5.15. The van der Waals surface area contributed by atoms with Gasteiger partial charge in [0.2, 0.25) is 0 Å². The van der Waals surface area contributed by atoms with E-state index in [1.165, 1.54) is 12.2 Å². The van der Waals surface area contributed by atoms with Gasteiger partial charge < -0.3 is 15.2 Å². The number of hydrogen-bond donors (Lipinski definition) is 2. The molecule has 2 unspecified atom stereocenters. The lowest BCUT2D eigenvalue weighted by Crippen LogP contribution is -2.38. The fourth-order valence-electron chi connectivity index (χ4n) is 2.10. The van der Waals surface area contributed by atoms with E-state index in [-0.39, 0.29) is 6.61 Å². The maximum atomic E-state index is 10.0. The monoisotopic (exact) mass is 336 g/mol. The highest BCUT2D eigenvalue weighted by molar-refractivity contribution is 7.99. The summed E-state index contributed by atoms with van der Waals surface area (Å²) in [5.74, 6) is 3.06. The molecule has 0 spiro atoms. The molecule has 0 aliphatic carbocycles. The van der Waals surface area contributed by atoms with Crippen molar-refractivity contribution < 1.29 is 9.84 Å². The predicted octanol–water partition coefficient (Wildman–Crippen LogP) is 3.20. The van der Waals surface area contributed by atoms with Crippen LogP contribution in [0.3, 0.4) is 0 Å². The van der Waals surface area contributed by atoms with Crippen LogP contribution < -0.4 is 10.1 Å². The first-order valence-electron chi connectivity index (χ1n) is 8.31. The summed E-state index contributed by atoms with van der Waals surface area (Å²) in [7, 11) is 0. The molecule has 5 heteroatoms. The molecule has 23 heavy (non-hydrogen) atoms. The van der Waals surface area contributed by atoms with Crippen LogP contribution in [0.15, 0.2) is 24.3 Å². The molecule has 0 bridgehead atoms. The molecule has 128 valence electrons. The first-order valence-corrected chi connectivity index (χ1v) is 9.47. The molecule has 1 rings (SSSR count). The summed E-state index contributed by atoms with van der Waals surface area (Å²) in [6, 6.07) is 9.43. The van der Waals surface area contributed by atoms with Crippen LogP contribution >= 0.6 is 11.8 Å². The average molecular weight is 337 g/mol. The van der Waals surface area contributed by atoms with E-state index in [9.17, 15) is 5.11 Å². The number of nitrogens with one attached hydrogen (secondary N) is 1. The van der Waals surface area contributed by atoms with Gasteiger partial charge in [-0.05, 0) is 55.0 Å². The van der Waals surface area contributed by atoms with E-state index in [1.807, 2.05) is 11.8 Å². The van der Waals surface area contributed by atoms with Gasteiger partial charge in [0.05, 0.1) is 11.6 Å². The first kappa shape index (κ1) is 19.8. The molecule has 0 amide bonds. The summed E-state index contributed by atoms with van der Waals surface area (Å²) in [6.07, 6.45) is 2.88. The van der Waals surface area contributed by atoms with Crippen molar-refractivity contribution in [1.82, 2.24) is 5.32 Å². The number of aliphatic hydroxyl groups excluding tert-OH is 1. The number of hydrogen-bond acceptors (Lipinski definition) is 5. The van der Waals surface area contributed by atoms with Crippen LogP contribution in [0.2, 0.25) is 0 Å². The third-order valence-corrected chi connectivity index (χ3v) is 4.74. The number of ether oxygens (including phenoxy) is 1. The van der Waals surface area contributed by atoms with Crippen molar-refractivity contribution >= 4 is 11.8 Å². The second kappa shape index (κ2) is 12.2. The van der Waals surface area contributed by atoms with E-state index >= 15 is 0 Å². The highest BCUT2D eigenvalue weighted by atomic mass is 32.2. The number of thioether (sulfide) groups is 1. The van der Waals surface area contributed by atoms with Gasteiger partial charge in [-0.1, -0.05) is 13.8 Å². The van der Waals surface area contributed by atoms with Crippen molar-refractivity contribution in [2.24, 2.45) is 0 Å². The van der Waals surface area contributed by atoms with E-state index in [2.05, 4.69) is 25.2 Å². The van der Waals surface area contributed by atoms with Crippen molar-refractivity contribution in [3.8, 4) is 11.8 Å². The van der Waals surface area contributed by atoms with E-state index in [4.69, 9.17) is 10.00 Å². The second-order valence-corrected chi connectivity index (χ2v) is 6.74. The predicted molar refractivity (Wildman–Crippen MR) is 97.0 cm³/mol. The van der Waals surface area contributed by atoms with Gasteiger partial charge in [-0.3, -0.25) is 0 Å². The van der Waals surface area contributed by atoms with Gasteiger partial charge in [-0.15, -0.1) is 0 Å². The van der Waals surface area contributed by atoms with Crippen molar-refractivity contribution in [3.05, 3.63) is 29.8 Å². The van der Waals surface area contributed by atoms with Gasteiger partial charge in [0.1, 0.15) is 18.5 Å². The number of benzene rings is 1. The minimum atomic E-state index is -0.539. The van der Waals surface area contributed by atoms with E-state index in [0.717, 1.165) is 18.6 Å². The Morgan fingerprint density at radius 2 is 2.00 bits per heavy atom. The minimum Gasteiger partial charge on any atom is -0.491 e. The molecule has 0 fully saturated rings. The smallest absolute Gasteiger partial charge is 0.119 e. The molecular formula is C18H28N2O2S. The van der Waals surface area contributed by atoms with Gasteiger partial charge in [0.15, 0.2) is 0 Å². The fraction of sp³-hybridized carbons (Fsp3) is 0.611. The Morgan fingerprint density at radius 3 is 2.61 bits per heavy atom. The van der Waals surface area contributed by atoms with Gasteiger partial charge >= 0.3 is 0 Å². The van der Waals surface area contributed by atoms with Crippen LogP contribution in [0.25, 0.3) is 0 Å². The number of nitrogens with zero attached hydrogens (tertiary/aromatic N) is 1. The summed E-state index contributed by atoms with van der Waals surface area (Å²) >= 11 is 1.99. The summed E-state index contributed by atoms with van der Waals surface area (Å²) in [5, 5.41) is 22.2. The molecule has 1 aromatic rings. The molecule has 4 nitrogen and oxygen atoms in total. The Labute approximate surface area is 144 Å². The lowest BCUT2D eigenvalue weighted by atomic mass is 10.1. The average Bonchev–Trinajstić information content (AvgIpc) is 2.59. The molecule has 0 aliphatic heterocycles. The fourth-order valence-corrected chi connectivity index (χ4v) is 3.05. The SMILES string of the molecule is CCCSCCC(CC)NCC(O)COc1ccc(C#N)cc1. The lowest BCUT2D eigenvalue weighted by molar-refractivity contribution is 0.103. The van der Waals surface area contributed by atoms with Gasteiger partial charge in [0.25, 0.3) is 0 Å². The van der Waals surface area contributed by atoms with E-state index < -0.39 is 6.10 Å². The van der Waals surface area contributed by atoms with Gasteiger partial charge in [-0.25, -0.2) is 0 Å². The molecule has 0 aromatic heterocycles. The van der Waals surface area contributed by atoms with Crippen LogP contribution in [0.1, 0.15) is 38.7 Å². The molecule has 1 aromatic carbocycles. The van der Waals surface area contributed by atoms with Gasteiger partial charge in [0, 0.05) is 12.6 Å². The minimum absolute atomic E-state index is 0.250. The van der Waals surface area contributed by atoms with Crippen LogP contribution in [-0.2, 0) is 0 Å². The quantitative estimate of drug-likeness (QED) is 0.574. The number of rotatable bonds is 12. The second-order valence-electron chi connectivity index (χ2n) is 5.52. The molecule has 0 saturated heterocycles. The third-order valence-electron chi connectivity index (χ3n) is 3.52. The molecule has 0 saturated carbocycles. The zero-order valence-electron chi connectivity index (χ0n) is 14.1. The molecule has 0 heterocycles. The number of aliphatic hydroxyl groups is 1. The molecule has 0 radical (unpaired) electrons. The number of nitriles is 1. The Hall–Kier alpha value is -1.22. The zero-order chi connectivity index (χ0) is 16.9. The highest BCUT2D eigenvalue weighted by Crippen LogP contribution is 2.12. The Bertz CT molecular complexity index is 459. The summed E-state index contributed by atoms with van der Waals surface area (Å²) in [5.41, 5.74) is 0.603. The third kappa shape index (κ3) is 8.85. The van der Waals surface area contributed by atoms with Crippen LogP contribution in [0.5, 0.6) is 5.75 Å². The van der Waals surface area contributed by atoms with Gasteiger partial charge in [-0.2, -0.15) is 17.0 Å². The summed E-state index contributed by atoms with van der Waals surface area (Å²) < 4.78 is 5.54. The molecule has 2 N–H and O–H groups in total.